The molecule has 0 amide bonds. The molecule has 160 valence electrons. The van der Waals surface area contributed by atoms with Crippen molar-refractivity contribution >= 4 is 22.9 Å². The standard InChI is InChI=1S/C24H27FN6/c1-23(2)12-16(13-24(3,4)31-23)29-22-27-9-7-20(30-22)18-14-28-21-10-15(6-5-8-26)19(25)11-17(18)21/h5-7,9-11,14,16,28,31H,12-13H2,1-4H3,(H,27,29,30). The SMILES string of the molecule is CC1(C)CC(Nc2nccc(-c3c[nH]c4cc(C=CC#N)c(F)cc34)n2)CC(C)(C)N1. The maximum absolute atomic E-state index is 14.5. The lowest BCUT2D eigenvalue weighted by Gasteiger charge is -2.46. The van der Waals surface area contributed by atoms with Crippen molar-refractivity contribution in [2.24, 2.45) is 0 Å². The lowest BCUT2D eigenvalue weighted by atomic mass is 9.80. The molecule has 1 aliphatic rings. The highest BCUT2D eigenvalue weighted by molar-refractivity contribution is 5.95. The largest absolute Gasteiger partial charge is 0.360 e. The lowest BCUT2D eigenvalue weighted by molar-refractivity contribution is 0.170. The number of piperidine rings is 1. The molecule has 6 nitrogen and oxygen atoms in total. The predicted octanol–water partition coefficient (Wildman–Crippen LogP) is 5.02. The first-order valence-corrected chi connectivity index (χ1v) is 10.4. The third-order valence-electron chi connectivity index (χ3n) is 5.59. The van der Waals surface area contributed by atoms with Gasteiger partial charge in [-0.1, -0.05) is 0 Å². The molecule has 3 aromatic rings. The fraction of sp³-hybridized carbons (Fsp3) is 0.375. The molecule has 1 saturated heterocycles. The van der Waals surface area contributed by atoms with Crippen LogP contribution in [0.3, 0.4) is 0 Å². The van der Waals surface area contributed by atoms with Crippen molar-refractivity contribution in [2.75, 3.05) is 5.32 Å². The van der Waals surface area contributed by atoms with E-state index in [4.69, 9.17) is 10.2 Å². The molecular formula is C24H27FN6. The van der Waals surface area contributed by atoms with Crippen LogP contribution < -0.4 is 10.6 Å². The van der Waals surface area contributed by atoms with Crippen LogP contribution in [0.15, 0.2) is 36.7 Å². The van der Waals surface area contributed by atoms with Crippen molar-refractivity contribution in [3.8, 4) is 17.3 Å². The van der Waals surface area contributed by atoms with Crippen LogP contribution in [0, 0.1) is 17.1 Å². The number of nitrogens with one attached hydrogen (secondary N) is 3. The second-order valence-corrected chi connectivity index (χ2v) is 9.49. The van der Waals surface area contributed by atoms with Gasteiger partial charge in [0.05, 0.1) is 11.8 Å². The zero-order valence-electron chi connectivity index (χ0n) is 18.3. The van der Waals surface area contributed by atoms with E-state index >= 15 is 0 Å². The molecule has 4 rings (SSSR count). The van der Waals surface area contributed by atoms with Crippen molar-refractivity contribution in [2.45, 2.75) is 57.7 Å². The third-order valence-corrected chi connectivity index (χ3v) is 5.59. The van der Waals surface area contributed by atoms with Gasteiger partial charge in [0.2, 0.25) is 5.95 Å². The highest BCUT2D eigenvalue weighted by atomic mass is 19.1. The number of aromatic nitrogens is 3. The third kappa shape index (κ3) is 4.59. The van der Waals surface area contributed by atoms with Gasteiger partial charge in [-0.15, -0.1) is 0 Å². The number of hydrogen-bond donors (Lipinski definition) is 3. The number of nitriles is 1. The zero-order valence-corrected chi connectivity index (χ0v) is 18.3. The maximum Gasteiger partial charge on any atom is 0.223 e. The van der Waals surface area contributed by atoms with E-state index in [0.29, 0.717) is 11.5 Å². The Bertz CT molecular complexity index is 1170. The quantitative estimate of drug-likeness (QED) is 0.518. The van der Waals surface area contributed by atoms with Crippen molar-refractivity contribution in [1.29, 1.82) is 5.26 Å². The minimum Gasteiger partial charge on any atom is -0.360 e. The van der Waals surface area contributed by atoms with Crippen LogP contribution in [0.1, 0.15) is 46.1 Å². The van der Waals surface area contributed by atoms with E-state index in [1.807, 2.05) is 18.3 Å². The molecule has 7 heteroatoms. The summed E-state index contributed by atoms with van der Waals surface area (Å²) in [5, 5.41) is 16.6. The second-order valence-electron chi connectivity index (χ2n) is 9.49. The van der Waals surface area contributed by atoms with Crippen LogP contribution in [-0.4, -0.2) is 32.1 Å². The summed E-state index contributed by atoms with van der Waals surface area (Å²) in [6, 6.07) is 7.13. The highest BCUT2D eigenvalue weighted by Crippen LogP contribution is 2.32. The monoisotopic (exact) mass is 418 g/mol. The first-order valence-electron chi connectivity index (χ1n) is 10.4. The average Bonchev–Trinajstić information content (AvgIpc) is 3.06. The van der Waals surface area contributed by atoms with Crippen LogP contribution in [-0.2, 0) is 0 Å². The molecule has 3 N–H and O–H groups in total. The Morgan fingerprint density at radius 3 is 2.68 bits per heavy atom. The number of allylic oxidation sites excluding steroid dienone is 1. The van der Waals surface area contributed by atoms with Crippen molar-refractivity contribution < 1.29 is 4.39 Å². The first kappa shape index (κ1) is 21.0. The summed E-state index contributed by atoms with van der Waals surface area (Å²) in [6.07, 6.45) is 8.19. The summed E-state index contributed by atoms with van der Waals surface area (Å²) in [5.41, 5.74) is 2.70. The summed E-state index contributed by atoms with van der Waals surface area (Å²) in [4.78, 5) is 12.3. The number of fused-ring (bicyclic) bond motifs is 1. The van der Waals surface area contributed by atoms with Crippen molar-refractivity contribution in [3.05, 3.63) is 48.0 Å². The number of nitrogens with zero attached hydrogens (tertiary/aromatic N) is 3. The van der Waals surface area contributed by atoms with E-state index in [2.05, 4.69) is 48.3 Å². The molecule has 0 unspecified atom stereocenters. The van der Waals surface area contributed by atoms with Crippen molar-refractivity contribution in [3.63, 3.8) is 0 Å². The Morgan fingerprint density at radius 2 is 1.97 bits per heavy atom. The minimum atomic E-state index is -0.383. The first-order chi connectivity index (χ1) is 14.7. The number of rotatable bonds is 4. The summed E-state index contributed by atoms with van der Waals surface area (Å²) in [6.45, 7) is 8.84. The molecule has 1 aliphatic heterocycles. The van der Waals surface area contributed by atoms with Gasteiger partial charge in [0.15, 0.2) is 0 Å². The van der Waals surface area contributed by atoms with E-state index in [9.17, 15) is 4.39 Å². The molecule has 0 aliphatic carbocycles. The summed E-state index contributed by atoms with van der Waals surface area (Å²) >= 11 is 0. The van der Waals surface area contributed by atoms with E-state index in [1.165, 1.54) is 18.2 Å². The highest BCUT2D eigenvalue weighted by Gasteiger charge is 2.37. The van der Waals surface area contributed by atoms with Crippen molar-refractivity contribution in [1.82, 2.24) is 20.3 Å². The smallest absolute Gasteiger partial charge is 0.223 e. The normalized spacial score (nSPS) is 18.3. The fourth-order valence-corrected chi connectivity index (χ4v) is 4.81. The summed E-state index contributed by atoms with van der Waals surface area (Å²) in [7, 11) is 0. The zero-order chi connectivity index (χ0) is 22.2. The maximum atomic E-state index is 14.5. The molecule has 31 heavy (non-hydrogen) atoms. The van der Waals surface area contributed by atoms with Gasteiger partial charge in [0.25, 0.3) is 0 Å². The molecule has 3 heterocycles. The Hall–Kier alpha value is -3.24. The Morgan fingerprint density at radius 1 is 1.23 bits per heavy atom. The van der Waals surface area contributed by atoms with Gasteiger partial charge in [-0.2, -0.15) is 5.26 Å². The Balaban J connectivity index is 1.63. The minimum absolute atomic E-state index is 0.0170. The number of benzene rings is 1. The molecule has 1 aromatic carbocycles. The fourth-order valence-electron chi connectivity index (χ4n) is 4.81. The number of anilines is 1. The molecule has 1 fully saturated rings. The lowest BCUT2D eigenvalue weighted by Crippen LogP contribution is -2.60. The van der Waals surface area contributed by atoms with Gasteiger partial charge in [0, 0.05) is 57.6 Å². The van der Waals surface area contributed by atoms with E-state index < -0.39 is 0 Å². The topological polar surface area (TPSA) is 89.4 Å². The second kappa shape index (κ2) is 7.78. The van der Waals surface area contributed by atoms with Crippen LogP contribution in [0.2, 0.25) is 0 Å². The number of H-pyrrole nitrogens is 1. The molecule has 2 aromatic heterocycles. The van der Waals surface area contributed by atoms with Gasteiger partial charge in [0.1, 0.15) is 5.82 Å². The molecule has 0 atom stereocenters. The van der Waals surface area contributed by atoms with E-state index in [1.54, 1.807) is 12.3 Å². The van der Waals surface area contributed by atoms with Crippen LogP contribution >= 0.6 is 0 Å². The number of halogens is 1. The Kier molecular flexibility index (Phi) is 5.28. The van der Waals surface area contributed by atoms with Gasteiger partial charge >= 0.3 is 0 Å². The average molecular weight is 419 g/mol. The predicted molar refractivity (Wildman–Crippen MR) is 122 cm³/mol. The van der Waals surface area contributed by atoms with Gasteiger partial charge in [-0.05, 0) is 64.8 Å². The van der Waals surface area contributed by atoms with Gasteiger partial charge < -0.3 is 15.6 Å². The molecular weight excluding hydrogens is 391 g/mol. The van der Waals surface area contributed by atoms with Crippen LogP contribution in [0.4, 0.5) is 10.3 Å². The van der Waals surface area contributed by atoms with Gasteiger partial charge in [-0.3, -0.25) is 0 Å². The van der Waals surface area contributed by atoms with Crippen LogP contribution in [0.5, 0.6) is 0 Å². The number of aromatic amines is 1. The summed E-state index contributed by atoms with van der Waals surface area (Å²) in [5.74, 6) is 0.186. The summed E-state index contributed by atoms with van der Waals surface area (Å²) < 4.78 is 14.5. The van der Waals surface area contributed by atoms with E-state index in [-0.39, 0.29) is 22.9 Å². The molecule has 0 spiro atoms. The molecule has 0 radical (unpaired) electrons. The van der Waals surface area contributed by atoms with Gasteiger partial charge in [-0.25, -0.2) is 14.4 Å². The van der Waals surface area contributed by atoms with E-state index in [0.717, 1.165) is 35.0 Å². The molecule has 0 bridgehead atoms. The number of hydrogen-bond acceptors (Lipinski definition) is 5. The van der Waals surface area contributed by atoms with Crippen LogP contribution in [0.25, 0.3) is 28.2 Å². The molecule has 0 saturated carbocycles. The Labute approximate surface area is 181 Å².